The second-order valence-corrected chi connectivity index (χ2v) is 4.41. The van der Waals surface area contributed by atoms with Gasteiger partial charge in [0.05, 0.1) is 6.61 Å². The molecule has 84 valence electrons. The molecule has 0 aliphatic carbocycles. The summed E-state index contributed by atoms with van der Waals surface area (Å²) in [4.78, 5) is 12.1. The molecule has 1 aromatic rings. The molecule has 0 bridgehead atoms. The predicted octanol–water partition coefficient (Wildman–Crippen LogP) is 3.66. The van der Waals surface area contributed by atoms with Gasteiger partial charge in [-0.1, -0.05) is 19.8 Å². The Morgan fingerprint density at radius 3 is 2.87 bits per heavy atom. The van der Waals surface area contributed by atoms with Crippen LogP contribution in [0.3, 0.4) is 0 Å². The molecule has 0 aliphatic heterocycles. The SMILES string of the molecule is CCCCCc1csc(C(=O)OCC)c1. The van der Waals surface area contributed by atoms with E-state index in [-0.39, 0.29) is 5.97 Å². The maximum Gasteiger partial charge on any atom is 0.348 e. The van der Waals surface area contributed by atoms with E-state index in [0.29, 0.717) is 6.61 Å². The summed E-state index contributed by atoms with van der Waals surface area (Å²) in [6.45, 7) is 4.47. The van der Waals surface area contributed by atoms with Crippen molar-refractivity contribution in [1.29, 1.82) is 0 Å². The van der Waals surface area contributed by atoms with Crippen molar-refractivity contribution in [3.8, 4) is 0 Å². The molecule has 0 aliphatic rings. The zero-order chi connectivity index (χ0) is 11.1. The average molecular weight is 226 g/mol. The number of aryl methyl sites for hydroxylation is 1. The molecule has 15 heavy (non-hydrogen) atoms. The zero-order valence-electron chi connectivity index (χ0n) is 9.41. The molecule has 0 spiro atoms. The lowest BCUT2D eigenvalue weighted by atomic mass is 10.1. The summed E-state index contributed by atoms with van der Waals surface area (Å²) in [6.07, 6.45) is 4.76. The van der Waals surface area contributed by atoms with Crippen molar-refractivity contribution in [2.45, 2.75) is 39.5 Å². The highest BCUT2D eigenvalue weighted by atomic mass is 32.1. The Bertz CT molecular complexity index is 304. The predicted molar refractivity (Wildman–Crippen MR) is 63.5 cm³/mol. The van der Waals surface area contributed by atoms with Crippen LogP contribution in [0.15, 0.2) is 11.4 Å². The van der Waals surface area contributed by atoms with Gasteiger partial charge in [0.1, 0.15) is 4.88 Å². The van der Waals surface area contributed by atoms with Crippen LogP contribution in [0, 0.1) is 0 Å². The van der Waals surface area contributed by atoms with Crippen LogP contribution < -0.4 is 0 Å². The molecule has 1 rings (SSSR count). The summed E-state index contributed by atoms with van der Waals surface area (Å²) in [5.74, 6) is -0.191. The fourth-order valence-electron chi connectivity index (χ4n) is 1.40. The van der Waals surface area contributed by atoms with Crippen molar-refractivity contribution in [2.24, 2.45) is 0 Å². The molecule has 0 fully saturated rings. The lowest BCUT2D eigenvalue weighted by Gasteiger charge is -1.97. The Kier molecular flexibility index (Phi) is 5.40. The normalized spacial score (nSPS) is 10.3. The number of carbonyl (C=O) groups is 1. The molecule has 2 nitrogen and oxygen atoms in total. The van der Waals surface area contributed by atoms with Crippen molar-refractivity contribution in [3.05, 3.63) is 21.9 Å². The van der Waals surface area contributed by atoms with Gasteiger partial charge in [-0.2, -0.15) is 0 Å². The van der Waals surface area contributed by atoms with Crippen molar-refractivity contribution < 1.29 is 9.53 Å². The number of unbranched alkanes of at least 4 members (excludes halogenated alkanes) is 2. The van der Waals surface area contributed by atoms with E-state index in [0.717, 1.165) is 11.3 Å². The number of hydrogen-bond donors (Lipinski definition) is 0. The quantitative estimate of drug-likeness (QED) is 0.546. The highest BCUT2D eigenvalue weighted by molar-refractivity contribution is 7.12. The standard InChI is InChI=1S/C12H18O2S/c1-3-5-6-7-10-8-11(15-9-10)12(13)14-4-2/h8-9H,3-7H2,1-2H3. The first kappa shape index (κ1) is 12.2. The number of hydrogen-bond acceptors (Lipinski definition) is 3. The van der Waals surface area contributed by atoms with E-state index in [1.165, 1.54) is 36.2 Å². The van der Waals surface area contributed by atoms with E-state index in [9.17, 15) is 4.79 Å². The van der Waals surface area contributed by atoms with Crippen LogP contribution in [0.2, 0.25) is 0 Å². The topological polar surface area (TPSA) is 26.3 Å². The monoisotopic (exact) mass is 226 g/mol. The van der Waals surface area contributed by atoms with Gasteiger partial charge in [0.2, 0.25) is 0 Å². The second-order valence-electron chi connectivity index (χ2n) is 3.50. The third-order valence-corrected chi connectivity index (χ3v) is 3.16. The van der Waals surface area contributed by atoms with E-state index in [4.69, 9.17) is 4.74 Å². The van der Waals surface area contributed by atoms with Gasteiger partial charge in [0.15, 0.2) is 0 Å². The maximum atomic E-state index is 11.4. The number of carbonyl (C=O) groups excluding carboxylic acids is 1. The number of ether oxygens (including phenoxy) is 1. The van der Waals surface area contributed by atoms with Crippen LogP contribution in [-0.2, 0) is 11.2 Å². The summed E-state index contributed by atoms with van der Waals surface area (Å²) in [6, 6.07) is 1.96. The first-order valence-corrected chi connectivity index (χ1v) is 6.40. The van der Waals surface area contributed by atoms with Gasteiger partial charge in [0.25, 0.3) is 0 Å². The summed E-state index contributed by atoms with van der Waals surface area (Å²) in [7, 11) is 0. The van der Waals surface area contributed by atoms with Gasteiger partial charge < -0.3 is 4.74 Å². The summed E-state index contributed by atoms with van der Waals surface area (Å²) in [5, 5.41) is 2.06. The van der Waals surface area contributed by atoms with Crippen molar-refractivity contribution in [1.82, 2.24) is 0 Å². The third kappa shape index (κ3) is 4.04. The first-order valence-electron chi connectivity index (χ1n) is 5.52. The summed E-state index contributed by atoms with van der Waals surface area (Å²) >= 11 is 1.48. The number of esters is 1. The van der Waals surface area contributed by atoms with Crippen LogP contribution in [0.5, 0.6) is 0 Å². The summed E-state index contributed by atoms with van der Waals surface area (Å²) in [5.41, 5.74) is 1.26. The highest BCUT2D eigenvalue weighted by Crippen LogP contribution is 2.17. The molecular formula is C12H18O2S. The molecule has 0 aromatic carbocycles. The van der Waals surface area contributed by atoms with E-state index in [2.05, 4.69) is 12.3 Å². The van der Waals surface area contributed by atoms with Gasteiger partial charge in [-0.25, -0.2) is 4.79 Å². The Morgan fingerprint density at radius 2 is 2.20 bits per heavy atom. The van der Waals surface area contributed by atoms with Crippen molar-refractivity contribution >= 4 is 17.3 Å². The van der Waals surface area contributed by atoms with E-state index in [1.807, 2.05) is 13.0 Å². The van der Waals surface area contributed by atoms with Crippen LogP contribution in [0.25, 0.3) is 0 Å². The van der Waals surface area contributed by atoms with Crippen LogP contribution in [-0.4, -0.2) is 12.6 Å². The van der Waals surface area contributed by atoms with Crippen molar-refractivity contribution in [3.63, 3.8) is 0 Å². The fourth-order valence-corrected chi connectivity index (χ4v) is 2.23. The minimum atomic E-state index is -0.191. The van der Waals surface area contributed by atoms with Gasteiger partial charge in [-0.15, -0.1) is 11.3 Å². The van der Waals surface area contributed by atoms with E-state index >= 15 is 0 Å². The lowest BCUT2D eigenvalue weighted by Crippen LogP contribution is -2.01. The molecule has 0 radical (unpaired) electrons. The Labute approximate surface area is 95.3 Å². The minimum absolute atomic E-state index is 0.191. The lowest BCUT2D eigenvalue weighted by molar-refractivity contribution is 0.0532. The molecular weight excluding hydrogens is 208 g/mol. The van der Waals surface area contributed by atoms with Gasteiger partial charge in [0, 0.05) is 0 Å². The molecule has 0 saturated carbocycles. The largest absolute Gasteiger partial charge is 0.462 e. The van der Waals surface area contributed by atoms with Crippen LogP contribution in [0.1, 0.15) is 48.3 Å². The maximum absolute atomic E-state index is 11.4. The zero-order valence-corrected chi connectivity index (χ0v) is 10.2. The number of thiophene rings is 1. The smallest absolute Gasteiger partial charge is 0.348 e. The van der Waals surface area contributed by atoms with Gasteiger partial charge >= 0.3 is 5.97 Å². The van der Waals surface area contributed by atoms with Crippen molar-refractivity contribution in [2.75, 3.05) is 6.61 Å². The Balaban J connectivity index is 2.45. The molecule has 1 aromatic heterocycles. The highest BCUT2D eigenvalue weighted by Gasteiger charge is 2.09. The molecule has 0 amide bonds. The Hall–Kier alpha value is -0.830. The minimum Gasteiger partial charge on any atom is -0.462 e. The Morgan fingerprint density at radius 1 is 1.40 bits per heavy atom. The van der Waals surface area contributed by atoms with E-state index in [1.54, 1.807) is 0 Å². The summed E-state index contributed by atoms with van der Waals surface area (Å²) < 4.78 is 4.94. The van der Waals surface area contributed by atoms with Crippen LogP contribution in [0.4, 0.5) is 0 Å². The van der Waals surface area contributed by atoms with E-state index < -0.39 is 0 Å². The molecule has 1 heterocycles. The second kappa shape index (κ2) is 6.62. The molecule has 0 saturated heterocycles. The van der Waals surface area contributed by atoms with Gasteiger partial charge in [-0.05, 0) is 36.8 Å². The molecule has 3 heteroatoms. The third-order valence-electron chi connectivity index (χ3n) is 2.20. The fraction of sp³-hybridized carbons (Fsp3) is 0.583. The molecule has 0 N–H and O–H groups in total. The van der Waals surface area contributed by atoms with Crippen LogP contribution >= 0.6 is 11.3 Å². The molecule has 0 unspecified atom stereocenters. The number of rotatable bonds is 6. The first-order chi connectivity index (χ1) is 7.27. The molecule has 0 atom stereocenters. The van der Waals surface area contributed by atoms with Gasteiger partial charge in [-0.3, -0.25) is 0 Å². The average Bonchev–Trinajstić information content (AvgIpc) is 2.67.